The number of nitrogens with one attached hydrogen (secondary N) is 2. The summed E-state index contributed by atoms with van der Waals surface area (Å²) in [6.07, 6.45) is 3.07. The SMILES string of the molecule is COc1cc(-c2c[nH]c3nccc(OCC4(C)CCNCC4)c23)ccc1C(F)F. The Hall–Kier alpha value is -2.67. The first-order chi connectivity index (χ1) is 14.0. The fraction of sp³-hybridized carbons (Fsp3) is 0.409. The molecule has 1 saturated heterocycles. The number of hydrogen-bond acceptors (Lipinski definition) is 4. The third-order valence-electron chi connectivity index (χ3n) is 5.70. The lowest BCUT2D eigenvalue weighted by atomic mass is 9.82. The van der Waals surface area contributed by atoms with E-state index in [1.165, 1.54) is 13.2 Å². The van der Waals surface area contributed by atoms with E-state index in [9.17, 15) is 8.78 Å². The van der Waals surface area contributed by atoms with Gasteiger partial charge < -0.3 is 19.8 Å². The lowest BCUT2D eigenvalue weighted by molar-refractivity contribution is 0.124. The van der Waals surface area contributed by atoms with Crippen molar-refractivity contribution < 1.29 is 18.3 Å². The maximum atomic E-state index is 13.2. The van der Waals surface area contributed by atoms with Crippen molar-refractivity contribution in [1.29, 1.82) is 0 Å². The summed E-state index contributed by atoms with van der Waals surface area (Å²) in [5, 5.41) is 4.23. The second-order valence-corrected chi connectivity index (χ2v) is 7.84. The first-order valence-corrected chi connectivity index (χ1v) is 9.77. The van der Waals surface area contributed by atoms with Gasteiger partial charge in [-0.15, -0.1) is 0 Å². The molecular formula is C22H25F2N3O2. The van der Waals surface area contributed by atoms with Crippen LogP contribution in [0.15, 0.2) is 36.7 Å². The van der Waals surface area contributed by atoms with E-state index in [0.717, 1.165) is 48.2 Å². The molecule has 0 spiro atoms. The molecule has 3 aromatic rings. The van der Waals surface area contributed by atoms with E-state index < -0.39 is 6.43 Å². The zero-order valence-corrected chi connectivity index (χ0v) is 16.6. The van der Waals surface area contributed by atoms with Crippen LogP contribution in [0.1, 0.15) is 31.8 Å². The molecule has 0 aliphatic carbocycles. The Labute approximate surface area is 168 Å². The number of alkyl halides is 2. The van der Waals surface area contributed by atoms with Gasteiger partial charge in [0.05, 0.1) is 24.7 Å². The minimum absolute atomic E-state index is 0.121. The lowest BCUT2D eigenvalue weighted by Gasteiger charge is -2.33. The van der Waals surface area contributed by atoms with Crippen molar-refractivity contribution >= 4 is 11.0 Å². The minimum atomic E-state index is -2.59. The lowest BCUT2D eigenvalue weighted by Crippen LogP contribution is -2.38. The molecule has 0 radical (unpaired) electrons. The van der Waals surface area contributed by atoms with Crippen LogP contribution in [0.25, 0.3) is 22.2 Å². The first-order valence-electron chi connectivity index (χ1n) is 9.77. The van der Waals surface area contributed by atoms with Gasteiger partial charge in [0.2, 0.25) is 0 Å². The number of aromatic amines is 1. The fourth-order valence-corrected chi connectivity index (χ4v) is 3.86. The highest BCUT2D eigenvalue weighted by molar-refractivity contribution is 5.98. The zero-order valence-electron chi connectivity index (χ0n) is 16.6. The first kappa shape index (κ1) is 19.6. The van der Waals surface area contributed by atoms with Gasteiger partial charge in [-0.05, 0) is 49.7 Å². The molecule has 4 rings (SSSR count). The third kappa shape index (κ3) is 3.92. The van der Waals surface area contributed by atoms with Crippen molar-refractivity contribution in [1.82, 2.24) is 15.3 Å². The van der Waals surface area contributed by atoms with E-state index in [-0.39, 0.29) is 16.7 Å². The molecule has 1 aliphatic heterocycles. The molecule has 29 heavy (non-hydrogen) atoms. The number of pyridine rings is 1. The second-order valence-electron chi connectivity index (χ2n) is 7.84. The smallest absolute Gasteiger partial charge is 0.267 e. The standard InChI is InChI=1S/C22H25F2N3O2/c1-22(6-9-25-10-7-22)13-29-17-5-8-26-21-19(17)16(12-27-21)14-3-4-15(20(23)24)18(11-14)28-2/h3-5,8,11-12,20,25H,6-7,9-10,13H2,1-2H3,(H,26,27). The number of aromatic nitrogens is 2. The summed E-state index contributed by atoms with van der Waals surface area (Å²) < 4.78 is 37.8. The number of hydrogen-bond donors (Lipinski definition) is 2. The highest BCUT2D eigenvalue weighted by Crippen LogP contribution is 2.39. The van der Waals surface area contributed by atoms with Crippen molar-refractivity contribution in [3.63, 3.8) is 0 Å². The van der Waals surface area contributed by atoms with Gasteiger partial charge in [-0.3, -0.25) is 0 Å². The van der Waals surface area contributed by atoms with E-state index >= 15 is 0 Å². The molecule has 2 aromatic heterocycles. The van der Waals surface area contributed by atoms with Gasteiger partial charge in [-0.1, -0.05) is 13.0 Å². The summed E-state index contributed by atoms with van der Waals surface area (Å²) in [4.78, 5) is 7.55. The Morgan fingerprint density at radius 1 is 1.17 bits per heavy atom. The molecular weight excluding hydrogens is 376 g/mol. The number of nitrogens with zero attached hydrogens (tertiary/aromatic N) is 1. The highest BCUT2D eigenvalue weighted by atomic mass is 19.3. The number of benzene rings is 1. The highest BCUT2D eigenvalue weighted by Gasteiger charge is 2.28. The van der Waals surface area contributed by atoms with Crippen LogP contribution in [0, 0.1) is 5.41 Å². The van der Waals surface area contributed by atoms with E-state index in [2.05, 4.69) is 22.2 Å². The average Bonchev–Trinajstić information content (AvgIpc) is 3.17. The normalized spacial score (nSPS) is 16.3. The number of methoxy groups -OCH3 is 1. The molecule has 1 aromatic carbocycles. The summed E-state index contributed by atoms with van der Waals surface area (Å²) in [7, 11) is 1.40. The topological polar surface area (TPSA) is 59.2 Å². The van der Waals surface area contributed by atoms with Crippen LogP contribution in [0.3, 0.4) is 0 Å². The molecule has 5 nitrogen and oxygen atoms in total. The van der Waals surface area contributed by atoms with Crippen molar-refractivity contribution in [3.05, 3.63) is 42.2 Å². The quantitative estimate of drug-likeness (QED) is 0.614. The maximum absolute atomic E-state index is 13.2. The second kappa shape index (κ2) is 7.99. The summed E-state index contributed by atoms with van der Waals surface area (Å²) in [5.74, 6) is 0.906. The molecule has 154 valence electrons. The van der Waals surface area contributed by atoms with Gasteiger partial charge in [0, 0.05) is 23.4 Å². The molecule has 3 heterocycles. The summed E-state index contributed by atoms with van der Waals surface area (Å²) in [6, 6.07) is 6.58. The van der Waals surface area contributed by atoms with Crippen LogP contribution in [0.5, 0.6) is 11.5 Å². The van der Waals surface area contributed by atoms with Crippen molar-refractivity contribution in [2.75, 3.05) is 26.8 Å². The molecule has 0 atom stereocenters. The maximum Gasteiger partial charge on any atom is 0.267 e. The molecule has 0 amide bonds. The number of ether oxygens (including phenoxy) is 2. The predicted octanol–water partition coefficient (Wildman–Crippen LogP) is 4.94. The van der Waals surface area contributed by atoms with Gasteiger partial charge in [0.1, 0.15) is 17.1 Å². The van der Waals surface area contributed by atoms with E-state index in [1.807, 2.05) is 12.3 Å². The number of rotatable bonds is 6. The van der Waals surface area contributed by atoms with E-state index in [4.69, 9.17) is 9.47 Å². The van der Waals surface area contributed by atoms with Crippen molar-refractivity contribution in [3.8, 4) is 22.6 Å². The molecule has 0 saturated carbocycles. The van der Waals surface area contributed by atoms with Crippen LogP contribution in [-0.4, -0.2) is 36.8 Å². The van der Waals surface area contributed by atoms with Crippen molar-refractivity contribution in [2.24, 2.45) is 5.41 Å². The Kier molecular flexibility index (Phi) is 5.41. The molecule has 0 bridgehead atoms. The Morgan fingerprint density at radius 3 is 2.69 bits per heavy atom. The van der Waals surface area contributed by atoms with Gasteiger partial charge in [-0.2, -0.15) is 0 Å². The third-order valence-corrected chi connectivity index (χ3v) is 5.70. The average molecular weight is 401 g/mol. The fourth-order valence-electron chi connectivity index (χ4n) is 3.86. The van der Waals surface area contributed by atoms with E-state index in [0.29, 0.717) is 12.3 Å². The van der Waals surface area contributed by atoms with Crippen LogP contribution >= 0.6 is 0 Å². The Bertz CT molecular complexity index is 997. The molecule has 0 unspecified atom stereocenters. The predicted molar refractivity (Wildman–Crippen MR) is 109 cm³/mol. The molecule has 2 N–H and O–H groups in total. The largest absolute Gasteiger partial charge is 0.496 e. The van der Waals surface area contributed by atoms with Crippen LogP contribution < -0.4 is 14.8 Å². The number of fused-ring (bicyclic) bond motifs is 1. The van der Waals surface area contributed by atoms with Crippen LogP contribution in [0.4, 0.5) is 8.78 Å². The summed E-state index contributed by atoms with van der Waals surface area (Å²) >= 11 is 0. The monoisotopic (exact) mass is 401 g/mol. The van der Waals surface area contributed by atoms with Gasteiger partial charge >= 0.3 is 0 Å². The molecule has 1 aliphatic rings. The van der Waals surface area contributed by atoms with Crippen LogP contribution in [-0.2, 0) is 0 Å². The minimum Gasteiger partial charge on any atom is -0.496 e. The van der Waals surface area contributed by atoms with Gasteiger partial charge in [0.15, 0.2) is 0 Å². The number of piperidine rings is 1. The van der Waals surface area contributed by atoms with Gasteiger partial charge in [0.25, 0.3) is 6.43 Å². The number of H-pyrrole nitrogens is 1. The van der Waals surface area contributed by atoms with Crippen molar-refractivity contribution in [2.45, 2.75) is 26.2 Å². The molecule has 1 fully saturated rings. The summed E-state index contributed by atoms with van der Waals surface area (Å²) in [6.45, 7) is 4.86. The summed E-state index contributed by atoms with van der Waals surface area (Å²) in [5.41, 5.74) is 2.31. The van der Waals surface area contributed by atoms with E-state index in [1.54, 1.807) is 18.3 Å². The van der Waals surface area contributed by atoms with Gasteiger partial charge in [-0.25, -0.2) is 13.8 Å². The number of halogens is 2. The Balaban J connectivity index is 1.69. The molecule has 7 heteroatoms. The van der Waals surface area contributed by atoms with Crippen LogP contribution in [0.2, 0.25) is 0 Å². The zero-order chi connectivity index (χ0) is 20.4. The Morgan fingerprint density at radius 2 is 1.97 bits per heavy atom.